The summed E-state index contributed by atoms with van der Waals surface area (Å²) in [6, 6.07) is 8.97. The fourth-order valence-electron chi connectivity index (χ4n) is 6.95. The molecule has 0 spiro atoms. The number of piperidine rings is 2. The standard InChI is InChI=1S/C31H43ClN4O2/c1-22-29(11-6-23-4-3-5-25(20-23)24-7-9-26(32)10-8-24)33-21-34-30(22)31(37)36-16-12-27(13-17-36)35-18-14-28(38-2)15-19-35/h7-10,21,23,25,27-28H,3-6,11-20H2,1-2H3. The molecule has 2 unspecified atom stereocenters. The molecule has 3 heterocycles. The second-order valence-electron chi connectivity index (χ2n) is 11.6. The lowest BCUT2D eigenvalue weighted by molar-refractivity contribution is 0.0144. The van der Waals surface area contributed by atoms with Gasteiger partial charge < -0.3 is 14.5 Å². The average molecular weight is 539 g/mol. The molecule has 0 N–H and O–H groups in total. The van der Waals surface area contributed by atoms with Gasteiger partial charge in [-0.15, -0.1) is 0 Å². The Morgan fingerprint density at radius 2 is 1.74 bits per heavy atom. The molecular formula is C31H43ClN4O2. The smallest absolute Gasteiger partial charge is 0.272 e. The summed E-state index contributed by atoms with van der Waals surface area (Å²) in [5, 5.41) is 0.803. The van der Waals surface area contributed by atoms with Gasteiger partial charge in [-0.05, 0) is 87.8 Å². The number of nitrogens with zero attached hydrogens (tertiary/aromatic N) is 4. The fourth-order valence-corrected chi connectivity index (χ4v) is 7.07. The van der Waals surface area contributed by atoms with Gasteiger partial charge in [0.25, 0.3) is 5.91 Å². The minimum Gasteiger partial charge on any atom is -0.381 e. The van der Waals surface area contributed by atoms with Crippen LogP contribution in [0.15, 0.2) is 30.6 Å². The molecule has 1 aliphatic carbocycles. The SMILES string of the molecule is COC1CCN(C2CCN(C(=O)c3ncnc(CCC4CCCC(c5ccc(Cl)cc5)C4)c3C)CC2)CC1. The normalized spacial score (nSPS) is 24.0. The molecule has 1 aromatic heterocycles. The maximum atomic E-state index is 13.5. The fraction of sp³-hybridized carbons (Fsp3) is 0.645. The van der Waals surface area contributed by atoms with E-state index >= 15 is 0 Å². The first-order valence-corrected chi connectivity index (χ1v) is 15.0. The van der Waals surface area contributed by atoms with Crippen LogP contribution in [0.4, 0.5) is 0 Å². The third-order valence-electron chi connectivity index (χ3n) is 9.38. The number of likely N-dealkylation sites (tertiary alicyclic amines) is 2. The highest BCUT2D eigenvalue weighted by Gasteiger charge is 2.31. The second-order valence-corrected chi connectivity index (χ2v) is 12.0. The van der Waals surface area contributed by atoms with E-state index < -0.39 is 0 Å². The molecule has 3 aliphatic rings. The van der Waals surface area contributed by atoms with E-state index in [1.807, 2.05) is 31.1 Å². The highest BCUT2D eigenvalue weighted by Crippen LogP contribution is 2.38. The second kappa shape index (κ2) is 12.9. The van der Waals surface area contributed by atoms with Crippen molar-refractivity contribution in [2.24, 2.45) is 5.92 Å². The van der Waals surface area contributed by atoms with Crippen molar-refractivity contribution in [2.75, 3.05) is 33.3 Å². The van der Waals surface area contributed by atoms with Crippen molar-refractivity contribution < 1.29 is 9.53 Å². The van der Waals surface area contributed by atoms with Gasteiger partial charge >= 0.3 is 0 Å². The van der Waals surface area contributed by atoms with E-state index in [0.29, 0.717) is 29.7 Å². The van der Waals surface area contributed by atoms with Crippen molar-refractivity contribution in [1.82, 2.24) is 19.8 Å². The van der Waals surface area contributed by atoms with Gasteiger partial charge in [-0.25, -0.2) is 9.97 Å². The topological polar surface area (TPSA) is 58.6 Å². The lowest BCUT2D eigenvalue weighted by atomic mass is 9.76. The zero-order valence-electron chi connectivity index (χ0n) is 23.1. The molecule has 0 radical (unpaired) electrons. The summed E-state index contributed by atoms with van der Waals surface area (Å²) in [4.78, 5) is 27.1. The molecule has 7 heteroatoms. The summed E-state index contributed by atoms with van der Waals surface area (Å²) in [7, 11) is 1.82. The average Bonchev–Trinajstić information content (AvgIpc) is 2.97. The maximum Gasteiger partial charge on any atom is 0.272 e. The molecule has 6 nitrogen and oxygen atoms in total. The Balaban J connectivity index is 1.14. The molecule has 3 fully saturated rings. The van der Waals surface area contributed by atoms with Crippen molar-refractivity contribution in [3.05, 3.63) is 58.1 Å². The van der Waals surface area contributed by atoms with Gasteiger partial charge in [-0.2, -0.15) is 0 Å². The van der Waals surface area contributed by atoms with Crippen LogP contribution in [0.5, 0.6) is 0 Å². The van der Waals surface area contributed by atoms with Crippen LogP contribution in [0.1, 0.15) is 91.0 Å². The highest BCUT2D eigenvalue weighted by molar-refractivity contribution is 6.30. The van der Waals surface area contributed by atoms with Crippen LogP contribution in [0.3, 0.4) is 0 Å². The molecule has 0 bridgehead atoms. The van der Waals surface area contributed by atoms with Crippen LogP contribution in [0.2, 0.25) is 5.02 Å². The van der Waals surface area contributed by atoms with Gasteiger partial charge in [0.2, 0.25) is 0 Å². The van der Waals surface area contributed by atoms with Crippen molar-refractivity contribution in [1.29, 1.82) is 0 Å². The first kappa shape index (κ1) is 27.5. The lowest BCUT2D eigenvalue weighted by Crippen LogP contribution is -2.49. The number of aryl methyl sites for hydroxylation is 1. The molecule has 206 valence electrons. The zero-order valence-corrected chi connectivity index (χ0v) is 23.8. The molecule has 5 rings (SSSR count). The highest BCUT2D eigenvalue weighted by atomic mass is 35.5. The first-order chi connectivity index (χ1) is 18.5. The molecule has 2 saturated heterocycles. The number of hydrogen-bond acceptors (Lipinski definition) is 5. The zero-order chi connectivity index (χ0) is 26.5. The van der Waals surface area contributed by atoms with E-state index in [4.69, 9.17) is 16.3 Å². The number of hydrogen-bond donors (Lipinski definition) is 0. The summed E-state index contributed by atoms with van der Waals surface area (Å²) in [6.07, 6.45) is 13.3. The van der Waals surface area contributed by atoms with E-state index in [0.717, 1.165) is 81.0 Å². The molecule has 1 amide bonds. The molecular weight excluding hydrogens is 496 g/mol. The number of carbonyl (C=O) groups excluding carboxylic acids is 1. The van der Waals surface area contributed by atoms with E-state index in [-0.39, 0.29) is 5.91 Å². The summed E-state index contributed by atoms with van der Waals surface area (Å²) < 4.78 is 5.53. The molecule has 1 aromatic carbocycles. The van der Waals surface area contributed by atoms with Crippen LogP contribution in [0, 0.1) is 12.8 Å². The van der Waals surface area contributed by atoms with Gasteiger partial charge in [0.15, 0.2) is 0 Å². The Labute approximate surface area is 233 Å². The van der Waals surface area contributed by atoms with Gasteiger partial charge in [0.1, 0.15) is 12.0 Å². The van der Waals surface area contributed by atoms with E-state index in [9.17, 15) is 4.79 Å². The summed E-state index contributed by atoms with van der Waals surface area (Å²) >= 11 is 6.10. The maximum absolute atomic E-state index is 13.5. The van der Waals surface area contributed by atoms with Crippen LogP contribution >= 0.6 is 11.6 Å². The molecule has 2 atom stereocenters. The lowest BCUT2D eigenvalue weighted by Gasteiger charge is -2.41. The van der Waals surface area contributed by atoms with Gasteiger partial charge in [-0.1, -0.05) is 36.6 Å². The van der Waals surface area contributed by atoms with Crippen molar-refractivity contribution in [3.63, 3.8) is 0 Å². The Morgan fingerprint density at radius 3 is 2.45 bits per heavy atom. The predicted octanol–water partition coefficient (Wildman–Crippen LogP) is 6.06. The van der Waals surface area contributed by atoms with Gasteiger partial charge in [-0.3, -0.25) is 4.79 Å². The Bertz CT molecular complexity index is 1060. The number of ether oxygens (including phenoxy) is 1. The minimum absolute atomic E-state index is 0.0724. The number of aromatic nitrogens is 2. The number of benzene rings is 1. The number of halogens is 1. The van der Waals surface area contributed by atoms with E-state index in [2.05, 4.69) is 27.0 Å². The van der Waals surface area contributed by atoms with E-state index in [1.165, 1.54) is 31.2 Å². The third kappa shape index (κ3) is 6.57. The van der Waals surface area contributed by atoms with E-state index in [1.54, 1.807) is 6.33 Å². The monoisotopic (exact) mass is 538 g/mol. The Morgan fingerprint density at radius 1 is 1.00 bits per heavy atom. The largest absolute Gasteiger partial charge is 0.381 e. The minimum atomic E-state index is 0.0724. The molecule has 2 aliphatic heterocycles. The van der Waals surface area contributed by atoms with Crippen molar-refractivity contribution in [3.8, 4) is 0 Å². The number of rotatable bonds is 7. The summed E-state index contributed by atoms with van der Waals surface area (Å²) in [6.45, 7) is 5.85. The van der Waals surface area contributed by atoms with Crippen LogP contribution in [0.25, 0.3) is 0 Å². The molecule has 38 heavy (non-hydrogen) atoms. The van der Waals surface area contributed by atoms with Crippen molar-refractivity contribution >= 4 is 17.5 Å². The van der Waals surface area contributed by atoms with Crippen molar-refractivity contribution in [2.45, 2.75) is 89.2 Å². The van der Waals surface area contributed by atoms with Gasteiger partial charge in [0, 0.05) is 55.6 Å². The summed E-state index contributed by atoms with van der Waals surface area (Å²) in [5.74, 6) is 1.37. The van der Waals surface area contributed by atoms with Gasteiger partial charge in [0.05, 0.1) is 6.10 Å². The number of methoxy groups -OCH3 is 1. The molecule has 2 aromatic rings. The quantitative estimate of drug-likeness (QED) is 0.429. The Hall–Kier alpha value is -2.02. The van der Waals surface area contributed by atoms with Crippen LogP contribution < -0.4 is 0 Å². The Kier molecular flexibility index (Phi) is 9.34. The number of carbonyl (C=O) groups is 1. The first-order valence-electron chi connectivity index (χ1n) is 14.6. The molecule has 1 saturated carbocycles. The third-order valence-corrected chi connectivity index (χ3v) is 9.63. The number of amides is 1. The van der Waals surface area contributed by atoms with Crippen LogP contribution in [-0.2, 0) is 11.2 Å². The van der Waals surface area contributed by atoms with Crippen LogP contribution in [-0.4, -0.2) is 71.1 Å². The predicted molar refractivity (Wildman–Crippen MR) is 152 cm³/mol. The summed E-state index contributed by atoms with van der Waals surface area (Å²) in [5.41, 5.74) is 4.00.